The van der Waals surface area contributed by atoms with E-state index in [1.165, 1.54) is 24.7 Å². The van der Waals surface area contributed by atoms with Crippen LogP contribution in [-0.4, -0.2) is 50.1 Å². The third kappa shape index (κ3) is 4.02. The Morgan fingerprint density at radius 2 is 1.83 bits per heavy atom. The van der Waals surface area contributed by atoms with Crippen LogP contribution in [0, 0.1) is 11.6 Å². The van der Waals surface area contributed by atoms with Gasteiger partial charge in [0.25, 0.3) is 0 Å². The summed E-state index contributed by atoms with van der Waals surface area (Å²) in [4.78, 5) is 37.0. The van der Waals surface area contributed by atoms with Crippen LogP contribution in [-0.2, 0) is 19.7 Å². The predicted octanol–water partition coefficient (Wildman–Crippen LogP) is 3.17. The number of amides is 2. The molecule has 3 aliphatic rings. The van der Waals surface area contributed by atoms with Crippen LogP contribution in [0.4, 0.5) is 19.3 Å². The Kier molecular flexibility index (Phi) is 5.73. The third-order valence-electron chi connectivity index (χ3n) is 7.58. The summed E-state index contributed by atoms with van der Waals surface area (Å²) in [7, 11) is 1.38. The van der Waals surface area contributed by atoms with Crippen LogP contribution in [0.25, 0.3) is 0 Å². The van der Waals surface area contributed by atoms with Crippen LogP contribution in [0.15, 0.2) is 42.5 Å². The molecule has 35 heavy (non-hydrogen) atoms. The van der Waals surface area contributed by atoms with Crippen molar-refractivity contribution in [2.45, 2.75) is 48.7 Å². The van der Waals surface area contributed by atoms with E-state index in [0.29, 0.717) is 25.1 Å². The topological polar surface area (TPSA) is 87.7 Å². The van der Waals surface area contributed by atoms with Gasteiger partial charge in [-0.1, -0.05) is 30.3 Å². The molecule has 2 aliphatic carbocycles. The zero-order valence-electron chi connectivity index (χ0n) is 19.4. The molecule has 9 heteroatoms. The van der Waals surface area contributed by atoms with Crippen molar-refractivity contribution in [1.29, 1.82) is 0 Å². The van der Waals surface area contributed by atoms with Crippen molar-refractivity contribution in [2.24, 2.45) is 0 Å². The van der Waals surface area contributed by atoms with Gasteiger partial charge in [-0.2, -0.15) is 0 Å². The number of alkyl carbamates (subject to hydrolysis) is 1. The average Bonchev–Trinajstić information content (AvgIpc) is 3.64. The number of halogens is 2. The second kappa shape index (κ2) is 8.62. The monoisotopic (exact) mass is 483 g/mol. The summed E-state index contributed by atoms with van der Waals surface area (Å²) in [6.07, 6.45) is 1.60. The summed E-state index contributed by atoms with van der Waals surface area (Å²) >= 11 is 0. The number of nitrogens with zero attached hydrogens (tertiary/aromatic N) is 1. The molecule has 2 aromatic carbocycles. The highest BCUT2D eigenvalue weighted by molar-refractivity contribution is 5.84. The minimum absolute atomic E-state index is 0.0121. The first kappa shape index (κ1) is 23.3. The van der Waals surface area contributed by atoms with Crippen molar-refractivity contribution < 1.29 is 27.9 Å². The number of rotatable bonds is 9. The van der Waals surface area contributed by atoms with Crippen molar-refractivity contribution in [1.82, 2.24) is 10.6 Å². The van der Waals surface area contributed by atoms with Crippen molar-refractivity contribution in [3.63, 3.8) is 0 Å². The summed E-state index contributed by atoms with van der Waals surface area (Å²) in [5, 5.41) is 5.40. The number of ether oxygens (including phenoxy) is 1. The molecule has 0 bridgehead atoms. The van der Waals surface area contributed by atoms with E-state index in [2.05, 4.69) is 22.8 Å². The summed E-state index contributed by atoms with van der Waals surface area (Å²) in [6, 6.07) is 12.5. The second-order valence-electron chi connectivity index (χ2n) is 9.68. The zero-order valence-corrected chi connectivity index (χ0v) is 19.4. The van der Waals surface area contributed by atoms with Gasteiger partial charge < -0.3 is 25.1 Å². The lowest BCUT2D eigenvalue weighted by atomic mass is 9.92. The maximum Gasteiger partial charge on any atom is 0.408 e. The Labute approximate surface area is 201 Å². The normalized spacial score (nSPS) is 25.1. The molecule has 1 heterocycles. The van der Waals surface area contributed by atoms with Gasteiger partial charge in [0.1, 0.15) is 24.0 Å². The molecule has 1 saturated heterocycles. The van der Waals surface area contributed by atoms with Crippen LogP contribution >= 0.6 is 0 Å². The van der Waals surface area contributed by atoms with Gasteiger partial charge in [-0.3, -0.25) is 4.79 Å². The Bertz CT molecular complexity index is 1140. The highest BCUT2D eigenvalue weighted by Gasteiger charge is 2.84. The Balaban J connectivity index is 1.16. The number of carbonyl (C=O) groups excluding carboxylic acids is 3. The molecule has 2 amide bonds. The third-order valence-corrected chi connectivity index (χ3v) is 7.58. The quantitative estimate of drug-likeness (QED) is 0.535. The number of hydrogen-bond acceptors (Lipinski definition) is 5. The van der Waals surface area contributed by atoms with Gasteiger partial charge in [-0.15, -0.1) is 0 Å². The van der Waals surface area contributed by atoms with Gasteiger partial charge >= 0.3 is 6.09 Å². The van der Waals surface area contributed by atoms with Crippen LogP contribution in [0.1, 0.15) is 42.7 Å². The summed E-state index contributed by atoms with van der Waals surface area (Å²) in [6.45, 7) is 0.624. The number of fused-ring (bicyclic) bond motifs is 1. The first-order valence-corrected chi connectivity index (χ1v) is 11.8. The maximum absolute atomic E-state index is 14.9. The fourth-order valence-electron chi connectivity index (χ4n) is 5.34. The maximum atomic E-state index is 14.9. The first-order valence-electron chi connectivity index (χ1n) is 11.8. The number of benzene rings is 2. The Morgan fingerprint density at radius 3 is 2.43 bits per heavy atom. The molecular weight excluding hydrogens is 456 g/mol. The van der Waals surface area contributed by atoms with E-state index in [1.54, 1.807) is 4.90 Å². The second-order valence-corrected chi connectivity index (χ2v) is 9.68. The van der Waals surface area contributed by atoms with Gasteiger partial charge in [0, 0.05) is 30.1 Å². The zero-order chi connectivity index (χ0) is 24.8. The molecule has 3 fully saturated rings. The molecule has 5 rings (SSSR count). The first-order chi connectivity index (χ1) is 16.8. The predicted molar refractivity (Wildman–Crippen MR) is 124 cm³/mol. The molecule has 1 unspecified atom stereocenters. The molecule has 0 spiro atoms. The number of likely N-dealkylation sites (N-methyl/N-ethyl adjacent to an activating group) is 1. The van der Waals surface area contributed by atoms with Crippen molar-refractivity contribution in [3.8, 4) is 0 Å². The van der Waals surface area contributed by atoms with E-state index < -0.39 is 29.6 Å². The Morgan fingerprint density at radius 1 is 1.17 bits per heavy atom. The van der Waals surface area contributed by atoms with Gasteiger partial charge in [0.15, 0.2) is 0 Å². The van der Waals surface area contributed by atoms with E-state index in [9.17, 15) is 23.2 Å². The fraction of sp³-hybridized carbons (Fsp3) is 0.423. The SMILES string of the molecule is CNC(=O)C(CCC=O)c1c(F)cc(N2CC(OC(=O)NC34CC3(c3ccccc3)C4)C2)cc1F. The van der Waals surface area contributed by atoms with Crippen molar-refractivity contribution >= 4 is 24.0 Å². The highest BCUT2D eigenvalue weighted by Crippen LogP contribution is 2.78. The van der Waals surface area contributed by atoms with Crippen molar-refractivity contribution in [3.05, 3.63) is 65.2 Å². The van der Waals surface area contributed by atoms with Gasteiger partial charge in [0.05, 0.1) is 24.5 Å². The average molecular weight is 484 g/mol. The molecule has 184 valence electrons. The molecular formula is C26H27F2N3O4. The number of hydrogen-bond donors (Lipinski definition) is 2. The molecule has 1 aliphatic heterocycles. The molecule has 2 saturated carbocycles. The van der Waals surface area contributed by atoms with E-state index in [0.717, 1.165) is 12.8 Å². The smallest absolute Gasteiger partial charge is 0.408 e. The molecule has 1 atom stereocenters. The van der Waals surface area contributed by atoms with E-state index >= 15 is 0 Å². The van der Waals surface area contributed by atoms with Gasteiger partial charge in [0.2, 0.25) is 5.91 Å². The lowest BCUT2D eigenvalue weighted by molar-refractivity contribution is -0.122. The Hall–Kier alpha value is -3.49. The highest BCUT2D eigenvalue weighted by atomic mass is 19.1. The van der Waals surface area contributed by atoms with E-state index in [1.807, 2.05) is 18.2 Å². The van der Waals surface area contributed by atoms with Crippen LogP contribution < -0.4 is 15.5 Å². The minimum Gasteiger partial charge on any atom is -0.442 e. The molecule has 0 aromatic heterocycles. The summed E-state index contributed by atoms with van der Waals surface area (Å²) in [5.41, 5.74) is 1.02. The van der Waals surface area contributed by atoms with Gasteiger partial charge in [-0.05, 0) is 37.0 Å². The number of nitrogens with one attached hydrogen (secondary N) is 2. The largest absolute Gasteiger partial charge is 0.442 e. The van der Waals surface area contributed by atoms with Gasteiger partial charge in [-0.25, -0.2) is 13.6 Å². The summed E-state index contributed by atoms with van der Waals surface area (Å²) < 4.78 is 35.2. The number of carbonyl (C=O) groups is 3. The number of anilines is 1. The number of aldehydes is 1. The van der Waals surface area contributed by atoms with Crippen LogP contribution in [0.5, 0.6) is 0 Å². The molecule has 2 N–H and O–H groups in total. The molecule has 7 nitrogen and oxygen atoms in total. The van der Waals surface area contributed by atoms with Crippen LogP contribution in [0.2, 0.25) is 0 Å². The molecule has 0 radical (unpaired) electrons. The standard InChI is InChI=1S/C26H27F2N3O4/c1-29-23(33)19(8-5-9-32)22-20(27)10-17(11-21(22)28)31-12-18(13-31)35-24(34)30-26-14-25(26,15-26)16-6-3-2-4-7-16/h2-4,6-7,9-11,18-19H,5,8,12-15H2,1H3,(H,29,33)(H,30,34). The minimum atomic E-state index is -1.09. The fourth-order valence-corrected chi connectivity index (χ4v) is 5.34. The summed E-state index contributed by atoms with van der Waals surface area (Å²) in [5.74, 6) is -3.34. The van der Waals surface area contributed by atoms with E-state index in [4.69, 9.17) is 4.74 Å². The lowest BCUT2D eigenvalue weighted by Gasteiger charge is -2.40. The lowest BCUT2D eigenvalue weighted by Crippen LogP contribution is -2.54. The van der Waals surface area contributed by atoms with Crippen LogP contribution in [0.3, 0.4) is 0 Å². The van der Waals surface area contributed by atoms with Crippen molar-refractivity contribution in [2.75, 3.05) is 25.0 Å². The van der Waals surface area contributed by atoms with E-state index in [-0.39, 0.29) is 35.5 Å². The molecule has 2 aromatic rings.